The van der Waals surface area contributed by atoms with Crippen LogP contribution in [-0.4, -0.2) is 43.5 Å². The van der Waals surface area contributed by atoms with Gasteiger partial charge in [0, 0.05) is 29.0 Å². The summed E-state index contributed by atoms with van der Waals surface area (Å²) in [6.45, 7) is 0. The van der Waals surface area contributed by atoms with E-state index in [4.69, 9.17) is 15.1 Å². The summed E-state index contributed by atoms with van der Waals surface area (Å²) in [6.07, 6.45) is 2.97. The molecule has 6 nitrogen and oxygen atoms in total. The van der Waals surface area contributed by atoms with Crippen molar-refractivity contribution in [3.8, 4) is 22.6 Å². The minimum atomic E-state index is -1.11. The minimum absolute atomic E-state index is 0.0504. The van der Waals surface area contributed by atoms with Crippen molar-refractivity contribution in [3.63, 3.8) is 0 Å². The predicted octanol–water partition coefficient (Wildman–Crippen LogP) is 4.29. The number of aromatic nitrogens is 2. The lowest BCUT2D eigenvalue weighted by Crippen LogP contribution is -2.19. The Bertz CT molecular complexity index is 1100. The SMILES string of the molecule is O=C(O)CC(O)CC(O)C=Cc1c(-c2ccccc2)nc(-c2ccccc2)nc1C1CC1. The van der Waals surface area contributed by atoms with Crippen LogP contribution < -0.4 is 0 Å². The second-order valence-electron chi connectivity index (χ2n) is 8.11. The number of hydrogen-bond acceptors (Lipinski definition) is 5. The van der Waals surface area contributed by atoms with Gasteiger partial charge in [0.25, 0.3) is 0 Å². The van der Waals surface area contributed by atoms with Crippen molar-refractivity contribution in [3.05, 3.63) is 78.0 Å². The van der Waals surface area contributed by atoms with Gasteiger partial charge in [-0.2, -0.15) is 0 Å². The monoisotopic (exact) mass is 430 g/mol. The van der Waals surface area contributed by atoms with Gasteiger partial charge in [0.2, 0.25) is 0 Å². The number of nitrogens with zero attached hydrogens (tertiary/aromatic N) is 2. The van der Waals surface area contributed by atoms with Gasteiger partial charge >= 0.3 is 5.97 Å². The third-order valence-corrected chi connectivity index (χ3v) is 5.43. The third-order valence-electron chi connectivity index (χ3n) is 5.43. The van der Waals surface area contributed by atoms with Crippen LogP contribution in [0.4, 0.5) is 0 Å². The highest BCUT2D eigenvalue weighted by Gasteiger charge is 2.30. The van der Waals surface area contributed by atoms with Gasteiger partial charge in [-0.25, -0.2) is 9.97 Å². The fourth-order valence-corrected chi connectivity index (χ4v) is 3.70. The highest BCUT2D eigenvalue weighted by atomic mass is 16.4. The number of carbonyl (C=O) groups is 1. The normalized spacial score (nSPS) is 15.6. The van der Waals surface area contributed by atoms with Crippen molar-refractivity contribution in [2.24, 2.45) is 0 Å². The van der Waals surface area contributed by atoms with E-state index in [0.717, 1.165) is 40.9 Å². The molecule has 4 rings (SSSR count). The summed E-state index contributed by atoms with van der Waals surface area (Å²) in [5.41, 5.74) is 4.49. The smallest absolute Gasteiger partial charge is 0.305 e. The van der Waals surface area contributed by atoms with Crippen LogP contribution in [0.1, 0.15) is 42.9 Å². The van der Waals surface area contributed by atoms with E-state index in [1.807, 2.05) is 66.7 Å². The topological polar surface area (TPSA) is 104 Å². The number of aliphatic hydroxyl groups is 2. The summed E-state index contributed by atoms with van der Waals surface area (Å²) in [6, 6.07) is 19.7. The fraction of sp³-hybridized carbons (Fsp3) is 0.269. The molecule has 1 aliphatic carbocycles. The van der Waals surface area contributed by atoms with E-state index in [1.54, 1.807) is 6.08 Å². The molecule has 164 valence electrons. The van der Waals surface area contributed by atoms with E-state index in [1.165, 1.54) is 0 Å². The molecule has 3 aromatic rings. The number of rotatable bonds is 9. The van der Waals surface area contributed by atoms with Crippen LogP contribution >= 0.6 is 0 Å². The average Bonchev–Trinajstić information content (AvgIpc) is 3.63. The summed E-state index contributed by atoms with van der Waals surface area (Å²) in [5, 5.41) is 29.0. The molecule has 1 heterocycles. The van der Waals surface area contributed by atoms with Crippen LogP contribution in [-0.2, 0) is 4.79 Å². The van der Waals surface area contributed by atoms with Crippen LogP contribution in [0.3, 0.4) is 0 Å². The van der Waals surface area contributed by atoms with Crippen molar-refractivity contribution in [2.45, 2.75) is 43.8 Å². The number of carboxylic acid groups (broad SMARTS) is 1. The van der Waals surface area contributed by atoms with Gasteiger partial charge in [-0.15, -0.1) is 0 Å². The molecule has 0 saturated heterocycles. The largest absolute Gasteiger partial charge is 0.481 e. The van der Waals surface area contributed by atoms with Gasteiger partial charge in [0.15, 0.2) is 5.82 Å². The first kappa shape index (κ1) is 21.9. The van der Waals surface area contributed by atoms with Crippen LogP contribution in [0, 0.1) is 0 Å². The van der Waals surface area contributed by atoms with Crippen LogP contribution in [0.25, 0.3) is 28.7 Å². The molecule has 2 unspecified atom stereocenters. The maximum atomic E-state index is 10.8. The van der Waals surface area contributed by atoms with Crippen molar-refractivity contribution in [1.82, 2.24) is 9.97 Å². The van der Waals surface area contributed by atoms with E-state index in [-0.39, 0.29) is 6.42 Å². The molecule has 0 bridgehead atoms. The average molecular weight is 431 g/mol. The Hall–Kier alpha value is -3.35. The predicted molar refractivity (Wildman–Crippen MR) is 123 cm³/mol. The Balaban J connectivity index is 1.74. The maximum Gasteiger partial charge on any atom is 0.305 e. The first-order chi connectivity index (χ1) is 15.5. The summed E-state index contributed by atoms with van der Waals surface area (Å²) in [5.74, 6) is -0.0841. The molecule has 32 heavy (non-hydrogen) atoms. The molecule has 2 aromatic carbocycles. The molecule has 1 aliphatic rings. The molecular weight excluding hydrogens is 404 g/mol. The highest BCUT2D eigenvalue weighted by Crippen LogP contribution is 2.43. The van der Waals surface area contributed by atoms with E-state index in [0.29, 0.717) is 11.7 Å². The number of benzene rings is 2. The lowest BCUT2D eigenvalue weighted by molar-refractivity contribution is -0.139. The molecule has 0 amide bonds. The first-order valence-corrected chi connectivity index (χ1v) is 10.8. The van der Waals surface area contributed by atoms with Crippen molar-refractivity contribution >= 4 is 12.0 Å². The Morgan fingerprint density at radius 1 is 0.969 bits per heavy atom. The molecular formula is C26H26N2O4. The zero-order valence-corrected chi connectivity index (χ0v) is 17.6. The highest BCUT2D eigenvalue weighted by molar-refractivity contribution is 5.76. The molecule has 2 atom stereocenters. The third kappa shape index (κ3) is 5.46. The Morgan fingerprint density at radius 2 is 1.59 bits per heavy atom. The number of hydrogen-bond donors (Lipinski definition) is 3. The lowest BCUT2D eigenvalue weighted by Gasteiger charge is -2.15. The van der Waals surface area contributed by atoms with Gasteiger partial charge in [0.05, 0.1) is 30.0 Å². The van der Waals surface area contributed by atoms with E-state index in [2.05, 4.69) is 0 Å². The van der Waals surface area contributed by atoms with E-state index in [9.17, 15) is 15.0 Å². The molecule has 0 spiro atoms. The Kier molecular flexibility index (Phi) is 6.73. The molecule has 1 aromatic heterocycles. The molecule has 1 fully saturated rings. The number of aliphatic carboxylic acids is 1. The molecule has 3 N–H and O–H groups in total. The molecule has 6 heteroatoms. The summed E-state index contributed by atoms with van der Waals surface area (Å²) < 4.78 is 0. The van der Waals surface area contributed by atoms with E-state index < -0.39 is 24.6 Å². The van der Waals surface area contributed by atoms with Crippen molar-refractivity contribution < 1.29 is 20.1 Å². The molecule has 1 saturated carbocycles. The first-order valence-electron chi connectivity index (χ1n) is 10.8. The lowest BCUT2D eigenvalue weighted by atomic mass is 9.99. The van der Waals surface area contributed by atoms with Gasteiger partial charge in [-0.05, 0) is 12.8 Å². The Labute approximate surface area is 186 Å². The maximum absolute atomic E-state index is 10.8. The van der Waals surface area contributed by atoms with Gasteiger partial charge in [-0.1, -0.05) is 72.8 Å². The summed E-state index contributed by atoms with van der Waals surface area (Å²) in [4.78, 5) is 20.6. The molecule has 0 radical (unpaired) electrons. The van der Waals surface area contributed by atoms with Crippen LogP contribution in [0.2, 0.25) is 0 Å². The van der Waals surface area contributed by atoms with Gasteiger partial charge < -0.3 is 15.3 Å². The quantitative estimate of drug-likeness (QED) is 0.468. The second kappa shape index (κ2) is 9.85. The standard InChI is InChI=1S/C26H26N2O4/c29-20(15-21(30)16-23(31)32)13-14-22-24(17-7-3-1-4-8-17)27-26(19-9-5-2-6-10-19)28-25(22)18-11-12-18/h1-10,13-14,18,20-21,29-30H,11-12,15-16H2,(H,31,32). The fourth-order valence-electron chi connectivity index (χ4n) is 3.70. The summed E-state index contributed by atoms with van der Waals surface area (Å²) in [7, 11) is 0. The Morgan fingerprint density at radius 3 is 2.19 bits per heavy atom. The zero-order valence-electron chi connectivity index (χ0n) is 17.6. The number of carboxylic acids is 1. The van der Waals surface area contributed by atoms with Gasteiger partial charge in [-0.3, -0.25) is 4.79 Å². The molecule has 0 aliphatic heterocycles. The van der Waals surface area contributed by atoms with Crippen LogP contribution in [0.5, 0.6) is 0 Å². The second-order valence-corrected chi connectivity index (χ2v) is 8.11. The zero-order chi connectivity index (χ0) is 22.5. The summed E-state index contributed by atoms with van der Waals surface area (Å²) >= 11 is 0. The van der Waals surface area contributed by atoms with Crippen molar-refractivity contribution in [1.29, 1.82) is 0 Å². The number of aliphatic hydroxyl groups excluding tert-OH is 2. The van der Waals surface area contributed by atoms with Crippen molar-refractivity contribution in [2.75, 3.05) is 0 Å². The van der Waals surface area contributed by atoms with Crippen LogP contribution in [0.15, 0.2) is 66.7 Å². The van der Waals surface area contributed by atoms with E-state index >= 15 is 0 Å². The minimum Gasteiger partial charge on any atom is -0.481 e. The van der Waals surface area contributed by atoms with Gasteiger partial charge in [0.1, 0.15) is 0 Å².